The van der Waals surface area contributed by atoms with Gasteiger partial charge in [0, 0.05) is 61.9 Å². The number of halogens is 1. The van der Waals surface area contributed by atoms with E-state index in [1.54, 1.807) is 38.4 Å². The number of hydrogen-bond donors (Lipinski definition) is 2. The first-order valence-corrected chi connectivity index (χ1v) is 53.1. The van der Waals surface area contributed by atoms with Gasteiger partial charge in [-0.25, -0.2) is 9.59 Å². The molecule has 3 heterocycles. The molecule has 22 heteroatoms. The van der Waals surface area contributed by atoms with Gasteiger partial charge >= 0.3 is 157 Å². The van der Waals surface area contributed by atoms with Crippen LogP contribution in [-0.4, -0.2) is 56.9 Å². The maximum atomic E-state index is 11.8. The van der Waals surface area contributed by atoms with Crippen LogP contribution in [0.15, 0.2) is 526 Å². The molecule has 1 aliphatic heterocycles. The second-order valence-corrected chi connectivity index (χ2v) is 43.0. The summed E-state index contributed by atoms with van der Waals surface area (Å²) in [6, 6.07) is 171. The van der Waals surface area contributed by atoms with Crippen LogP contribution in [0.5, 0.6) is 0 Å². The predicted molar refractivity (Wildman–Crippen MR) is 604 cm³/mol. The topological polar surface area (TPSA) is 187 Å². The Balaban J connectivity index is 0.000000209. The van der Waals surface area contributed by atoms with Gasteiger partial charge in [-0.3, -0.25) is 14.8 Å². The van der Waals surface area contributed by atoms with Crippen molar-refractivity contribution in [1.29, 1.82) is 0 Å². The number of ether oxygens (including phenoxy) is 2. The number of nitrogens with zero attached hydrogens (tertiary/aromatic N) is 2. The van der Waals surface area contributed by atoms with Gasteiger partial charge in [-0.1, -0.05) is 473 Å². The van der Waals surface area contributed by atoms with E-state index in [1.807, 2.05) is 154 Å². The molecule has 3 atom stereocenters. The Bertz CT molecular complexity index is 5960. The molecule has 19 rings (SSSR count). The summed E-state index contributed by atoms with van der Waals surface area (Å²) in [5.74, 6) is -0.789. The molecule has 2 aromatic heterocycles. The van der Waals surface area contributed by atoms with E-state index >= 15 is 0 Å². The summed E-state index contributed by atoms with van der Waals surface area (Å²) in [5, 5.41) is 44.5. The maximum Gasteiger partial charge on any atom is 1.00 e. The first kappa shape index (κ1) is 121. The van der Waals surface area contributed by atoms with Crippen molar-refractivity contribution >= 4 is 154 Å². The summed E-state index contributed by atoms with van der Waals surface area (Å²) >= 11 is 3.30. The van der Waals surface area contributed by atoms with Crippen LogP contribution >= 0.6 is 47.6 Å². The molecule has 1 unspecified atom stereocenters. The molecule has 0 radical (unpaired) electrons. The Kier molecular flexibility index (Phi) is 55.0. The predicted octanol–water partition coefficient (Wildman–Crippen LogP) is 16.3. The number of aliphatic hydroxyl groups excluding tert-OH is 2. The molecule has 0 spiro atoms. The van der Waals surface area contributed by atoms with Crippen LogP contribution in [0.25, 0.3) is 23.3 Å². The first-order valence-electron chi connectivity index (χ1n) is 47.0. The number of esters is 2. The number of carbonyl (C=O) groups excluding carboxylic acids is 3. The van der Waals surface area contributed by atoms with Crippen LogP contribution in [0.4, 0.5) is 0 Å². The molecule has 16 aromatic carbocycles. The van der Waals surface area contributed by atoms with Crippen LogP contribution in [0.1, 0.15) is 81.9 Å². The minimum Gasteiger partial charge on any atom is -1.00 e. The van der Waals surface area contributed by atoms with Crippen LogP contribution < -0.4 is 212 Å². The van der Waals surface area contributed by atoms with E-state index in [9.17, 15) is 19.8 Å². The van der Waals surface area contributed by atoms with Gasteiger partial charge in [0.25, 0.3) is 6.47 Å². The van der Waals surface area contributed by atoms with Gasteiger partial charge in [-0.05, 0) is 209 Å². The number of hydrogen-bond acceptors (Lipinski definition) is 13. The fraction of sp³-hybridized carbons (Fsp3) is 0.0880. The Labute approximate surface area is 1010 Å². The van der Waals surface area contributed by atoms with E-state index in [4.69, 9.17) is 28.8 Å². The normalized spacial score (nSPS) is 12.7. The number of aromatic nitrogens is 2. The van der Waals surface area contributed by atoms with Gasteiger partial charge in [-0.2, -0.15) is 0 Å². The van der Waals surface area contributed by atoms with E-state index in [0.29, 0.717) is 11.4 Å². The molecule has 0 saturated carbocycles. The summed E-state index contributed by atoms with van der Waals surface area (Å²) in [6.07, 6.45) is 8.42. The minimum atomic E-state index is -0.585. The molecule has 2 N–H and O–H groups in total. The molecule has 18 aromatic rings. The van der Waals surface area contributed by atoms with Crippen molar-refractivity contribution in [2.24, 2.45) is 0 Å². The third-order valence-electron chi connectivity index (χ3n) is 22.4. The smallest absolute Gasteiger partial charge is 1.00 e. The van der Waals surface area contributed by atoms with Crippen molar-refractivity contribution in [3.05, 3.63) is 567 Å². The first-order chi connectivity index (χ1) is 70.3. The third-order valence-corrected chi connectivity index (χ3v) is 32.6. The third kappa shape index (κ3) is 40.6. The zero-order valence-corrected chi connectivity index (χ0v) is 102. The van der Waals surface area contributed by atoms with E-state index in [0.717, 1.165) is 43.3 Å². The molecular weight excluding hydrogens is 2290 g/mol. The SMILES string of the molecule is C[C@@H](O)c1cccc(-c2ccc(/C=C/C(=O)OCc3ccccc3)nc2)c1.O=C(/C=C/c1ccc(Br)cn1)OCc1ccccc1.O=CO[O-].[CH2+]C1(C)OB(c2cccc([C@@H](C)O)c2)OC1(C)C.[Cs+].[Cs+].[H-].[Pd].c1ccc(P(c2ccccc2)c2ccccc2)cc1.c1ccc(P(c2ccccc2)c2ccccc2)cc1.c1ccc(P(c2ccccc2)c2ccccc2)cc1.c1ccc(P(c2ccccc2)c2ccccc2)cc1. The summed E-state index contributed by atoms with van der Waals surface area (Å²) in [7, 11) is -2.21. The summed E-state index contributed by atoms with van der Waals surface area (Å²) in [4.78, 5) is 43.1. The van der Waals surface area contributed by atoms with Gasteiger partial charge in [0.05, 0.1) is 30.5 Å². The maximum absolute atomic E-state index is 11.8. The minimum absolute atomic E-state index is 0. The Hall–Kier alpha value is -9.59. The summed E-state index contributed by atoms with van der Waals surface area (Å²) in [5.41, 5.74) is 6.81. The van der Waals surface area contributed by atoms with E-state index in [2.05, 4.69) is 402 Å². The molecule has 1 fully saturated rings. The molecule has 0 bridgehead atoms. The zero-order chi connectivity index (χ0) is 101. The van der Waals surface area contributed by atoms with E-state index in [-0.39, 0.29) is 185 Å². The number of aliphatic hydroxyl groups is 2. The fourth-order valence-electron chi connectivity index (χ4n) is 14.6. The number of benzene rings is 16. The Morgan fingerprint density at radius 1 is 0.367 bits per heavy atom. The van der Waals surface area contributed by atoms with E-state index in [1.165, 1.54) is 75.8 Å². The van der Waals surface area contributed by atoms with Crippen molar-refractivity contribution in [3.8, 4) is 11.1 Å². The average Bonchev–Trinajstić information content (AvgIpc) is 1.62. The van der Waals surface area contributed by atoms with Gasteiger partial charge < -0.3 is 40.6 Å². The zero-order valence-electron chi connectivity index (χ0n) is 84.2. The van der Waals surface area contributed by atoms with Crippen LogP contribution in [-0.2, 0) is 71.7 Å². The molecule has 147 heavy (non-hydrogen) atoms. The van der Waals surface area contributed by atoms with Gasteiger partial charge in [0.1, 0.15) is 18.8 Å². The molecule has 0 aliphatic carbocycles. The Morgan fingerprint density at radius 3 is 0.850 bits per heavy atom. The number of rotatable bonds is 25. The fourth-order valence-corrected chi connectivity index (χ4v) is 24.1. The Morgan fingerprint density at radius 2 is 0.619 bits per heavy atom. The van der Waals surface area contributed by atoms with Gasteiger partial charge in [-0.15, -0.1) is 0 Å². The van der Waals surface area contributed by atoms with Gasteiger partial charge in [0.2, 0.25) is 5.60 Å². The molecule has 1 aliphatic rings. The molecule has 13 nitrogen and oxygen atoms in total. The van der Waals surface area contributed by atoms with Crippen molar-refractivity contribution in [2.45, 2.75) is 71.2 Å². The number of pyridine rings is 2. The monoisotopic (exact) mass is 2410 g/mol. The second kappa shape index (κ2) is 66.9. The quantitative estimate of drug-likeness (QED) is 0.00805. The molecular formula is C125H115BBrCs2N2O11P4Pd+. The van der Waals surface area contributed by atoms with Crippen LogP contribution in [0, 0.1) is 6.92 Å². The summed E-state index contributed by atoms with van der Waals surface area (Å²) in [6.45, 7) is 13.7. The van der Waals surface area contributed by atoms with Crippen LogP contribution in [0.3, 0.4) is 0 Å². The van der Waals surface area contributed by atoms with Crippen molar-refractivity contribution in [1.82, 2.24) is 9.97 Å². The second-order valence-electron chi connectivity index (χ2n) is 33.2. The summed E-state index contributed by atoms with van der Waals surface area (Å²) < 4.78 is 23.0. The number of carbonyl (C=O) groups is 3. The molecule has 1 saturated heterocycles. The van der Waals surface area contributed by atoms with Crippen molar-refractivity contribution in [3.63, 3.8) is 0 Å². The van der Waals surface area contributed by atoms with E-state index < -0.39 is 68.2 Å². The van der Waals surface area contributed by atoms with Crippen molar-refractivity contribution in [2.75, 3.05) is 0 Å². The van der Waals surface area contributed by atoms with Crippen molar-refractivity contribution < 1.29 is 213 Å². The van der Waals surface area contributed by atoms with Gasteiger partial charge in [0.15, 0.2) is 0 Å². The van der Waals surface area contributed by atoms with Crippen LogP contribution in [0.2, 0.25) is 0 Å². The molecule has 0 amide bonds. The molecule has 732 valence electrons. The average molecular weight is 2410 g/mol. The largest absolute Gasteiger partial charge is 1.00 e. The standard InChI is InChI=1S/C23H21NO3.4C18H15P.C15H12BrNO2.C14H20BO3.CH2O3.2Cs.Pd.H/c1-17(25)19-8-5-9-20(14-19)21-10-11-22(24-15-21)12-13-23(26)27-16-18-6-3-2-4-7-18;4*1-4-10-16(11-5-1)19(17-12-6-2-7-13-17)18-14-8-3-9-15-18;16-13-6-7-14(17-10-13)8-9-15(18)19-11-12-4-2-1-3-5-12;1-10(16)11-7-6-8-12(9-11)15-17-13(2,3)14(4,5)18-15;2-1-4-3;;;;/h2-15,17,25H,16H2,1H3;4*1-15H;1-10H,11H2;6-10,16H,2H2,1,3-5H3;1,3H;;;;/q;;;;;;+1;;2*+1;;-1/p-1/b13-12+;;;;;9-8+;;;;;;/t17-;;;;;;10-,13?;;;;;/m1.....1...../s1.